The van der Waals surface area contributed by atoms with Crippen LogP contribution in [0.25, 0.3) is 0 Å². The number of halogens is 1. The highest BCUT2D eigenvalue weighted by Gasteiger charge is 2.11. The van der Waals surface area contributed by atoms with Crippen molar-refractivity contribution in [3.8, 4) is 0 Å². The fraction of sp³-hybridized carbons (Fsp3) is 0.214. The lowest BCUT2D eigenvalue weighted by molar-refractivity contribution is 0.102. The number of hydrogen-bond donors (Lipinski definition) is 1. The van der Waals surface area contributed by atoms with Crippen molar-refractivity contribution in [2.75, 3.05) is 11.9 Å². The summed E-state index contributed by atoms with van der Waals surface area (Å²) in [5.74, 6) is -0.101. The van der Waals surface area contributed by atoms with Gasteiger partial charge in [-0.25, -0.2) is 0 Å². The number of anilines is 1. The van der Waals surface area contributed by atoms with E-state index in [0.717, 1.165) is 15.7 Å². The SMILES string of the molecule is CCOCc1cccc(NC(=O)c2sccc2Br)c1. The maximum Gasteiger partial charge on any atom is 0.266 e. The number of carbonyl (C=O) groups is 1. The summed E-state index contributed by atoms with van der Waals surface area (Å²) in [5.41, 5.74) is 1.83. The zero-order valence-electron chi connectivity index (χ0n) is 10.5. The molecule has 0 aliphatic rings. The van der Waals surface area contributed by atoms with Gasteiger partial charge < -0.3 is 10.1 Å². The number of ether oxygens (including phenoxy) is 1. The molecule has 0 saturated carbocycles. The molecule has 0 unspecified atom stereocenters. The highest BCUT2D eigenvalue weighted by Crippen LogP contribution is 2.24. The molecule has 2 aromatic rings. The molecule has 0 atom stereocenters. The molecule has 1 aromatic carbocycles. The normalized spacial score (nSPS) is 10.4. The summed E-state index contributed by atoms with van der Waals surface area (Å²) in [4.78, 5) is 12.7. The Morgan fingerprint density at radius 2 is 2.26 bits per heavy atom. The summed E-state index contributed by atoms with van der Waals surface area (Å²) >= 11 is 4.77. The number of nitrogens with one attached hydrogen (secondary N) is 1. The van der Waals surface area contributed by atoms with Crippen LogP contribution in [-0.4, -0.2) is 12.5 Å². The van der Waals surface area contributed by atoms with Crippen molar-refractivity contribution in [3.63, 3.8) is 0 Å². The average Bonchev–Trinajstić information content (AvgIpc) is 2.83. The molecule has 1 N–H and O–H groups in total. The number of benzene rings is 1. The van der Waals surface area contributed by atoms with Gasteiger partial charge in [0.2, 0.25) is 0 Å². The minimum atomic E-state index is -0.101. The molecule has 0 spiro atoms. The van der Waals surface area contributed by atoms with Gasteiger partial charge in [-0.15, -0.1) is 11.3 Å². The van der Waals surface area contributed by atoms with Crippen molar-refractivity contribution >= 4 is 38.9 Å². The number of rotatable bonds is 5. The maximum atomic E-state index is 12.1. The van der Waals surface area contributed by atoms with E-state index >= 15 is 0 Å². The fourth-order valence-corrected chi connectivity index (χ4v) is 3.05. The lowest BCUT2D eigenvalue weighted by Crippen LogP contribution is -2.10. The average molecular weight is 340 g/mol. The van der Waals surface area contributed by atoms with Gasteiger partial charge in [-0.2, -0.15) is 0 Å². The van der Waals surface area contributed by atoms with Crippen molar-refractivity contribution in [3.05, 3.63) is 50.6 Å². The summed E-state index contributed by atoms with van der Waals surface area (Å²) < 4.78 is 6.17. The van der Waals surface area contributed by atoms with E-state index < -0.39 is 0 Å². The van der Waals surface area contributed by atoms with Gasteiger partial charge >= 0.3 is 0 Å². The van der Waals surface area contributed by atoms with E-state index in [9.17, 15) is 4.79 Å². The summed E-state index contributed by atoms with van der Waals surface area (Å²) in [7, 11) is 0. The topological polar surface area (TPSA) is 38.3 Å². The van der Waals surface area contributed by atoms with Gasteiger partial charge in [0, 0.05) is 16.8 Å². The van der Waals surface area contributed by atoms with Crippen LogP contribution in [0.15, 0.2) is 40.2 Å². The third-order valence-corrected chi connectivity index (χ3v) is 4.32. The van der Waals surface area contributed by atoms with E-state index in [0.29, 0.717) is 18.1 Å². The van der Waals surface area contributed by atoms with Crippen LogP contribution in [0.4, 0.5) is 5.69 Å². The number of thiophene rings is 1. The largest absolute Gasteiger partial charge is 0.377 e. The standard InChI is InChI=1S/C14H14BrNO2S/c1-2-18-9-10-4-3-5-11(8-10)16-14(17)13-12(15)6-7-19-13/h3-8H,2,9H2,1H3,(H,16,17). The number of hydrogen-bond acceptors (Lipinski definition) is 3. The van der Waals surface area contributed by atoms with Crippen molar-refractivity contribution in [1.29, 1.82) is 0 Å². The highest BCUT2D eigenvalue weighted by molar-refractivity contribution is 9.10. The Kier molecular flexibility index (Phi) is 5.13. The van der Waals surface area contributed by atoms with Crippen LogP contribution in [0.5, 0.6) is 0 Å². The molecule has 0 radical (unpaired) electrons. The smallest absolute Gasteiger partial charge is 0.266 e. The monoisotopic (exact) mass is 339 g/mol. The van der Waals surface area contributed by atoms with Crippen LogP contribution in [0.3, 0.4) is 0 Å². The Hall–Kier alpha value is -1.17. The second-order valence-corrected chi connectivity index (χ2v) is 5.66. The van der Waals surface area contributed by atoms with Gasteiger partial charge in [0.05, 0.1) is 6.61 Å². The first-order valence-corrected chi connectivity index (χ1v) is 7.59. The van der Waals surface area contributed by atoms with Gasteiger partial charge in [-0.3, -0.25) is 4.79 Å². The molecule has 5 heteroatoms. The van der Waals surface area contributed by atoms with Gasteiger partial charge in [-0.1, -0.05) is 12.1 Å². The van der Waals surface area contributed by atoms with Gasteiger partial charge in [0.25, 0.3) is 5.91 Å². The summed E-state index contributed by atoms with van der Waals surface area (Å²) in [6.07, 6.45) is 0. The van der Waals surface area contributed by atoms with Crippen molar-refractivity contribution in [2.24, 2.45) is 0 Å². The summed E-state index contributed by atoms with van der Waals surface area (Å²) in [5, 5.41) is 4.77. The van der Waals surface area contributed by atoms with Crippen LogP contribution in [0.2, 0.25) is 0 Å². The molecule has 100 valence electrons. The summed E-state index contributed by atoms with van der Waals surface area (Å²) in [6, 6.07) is 9.55. The van der Waals surface area contributed by atoms with E-state index in [-0.39, 0.29) is 5.91 Å². The second-order valence-electron chi connectivity index (χ2n) is 3.89. The molecule has 1 aromatic heterocycles. The molecular weight excluding hydrogens is 326 g/mol. The molecule has 0 fully saturated rings. The third kappa shape index (κ3) is 3.89. The Balaban J connectivity index is 2.07. The zero-order valence-corrected chi connectivity index (χ0v) is 12.9. The molecule has 3 nitrogen and oxygen atoms in total. The molecule has 0 aliphatic carbocycles. The van der Waals surface area contributed by atoms with E-state index in [1.54, 1.807) is 0 Å². The fourth-order valence-electron chi connectivity index (χ4n) is 1.60. The third-order valence-electron chi connectivity index (χ3n) is 2.48. The molecule has 1 amide bonds. The van der Waals surface area contributed by atoms with E-state index in [2.05, 4.69) is 21.2 Å². The van der Waals surface area contributed by atoms with Crippen LogP contribution >= 0.6 is 27.3 Å². The Bertz CT molecular complexity index is 568. The minimum absolute atomic E-state index is 0.101. The molecule has 2 rings (SSSR count). The summed E-state index contributed by atoms with van der Waals surface area (Å²) in [6.45, 7) is 3.20. The Labute approximate surface area is 124 Å². The highest BCUT2D eigenvalue weighted by atomic mass is 79.9. The molecular formula is C14H14BrNO2S. The molecule has 0 saturated heterocycles. The van der Waals surface area contributed by atoms with Crippen LogP contribution < -0.4 is 5.32 Å². The Morgan fingerprint density at radius 1 is 1.42 bits per heavy atom. The quantitative estimate of drug-likeness (QED) is 0.881. The molecule has 1 heterocycles. The van der Waals surface area contributed by atoms with Gasteiger partial charge in [0.15, 0.2) is 0 Å². The van der Waals surface area contributed by atoms with Crippen molar-refractivity contribution in [1.82, 2.24) is 0 Å². The molecule has 19 heavy (non-hydrogen) atoms. The van der Waals surface area contributed by atoms with E-state index in [4.69, 9.17) is 4.74 Å². The lowest BCUT2D eigenvalue weighted by atomic mass is 10.2. The van der Waals surface area contributed by atoms with Crippen LogP contribution in [0.1, 0.15) is 22.2 Å². The maximum absolute atomic E-state index is 12.1. The lowest BCUT2D eigenvalue weighted by Gasteiger charge is -2.07. The number of carbonyl (C=O) groups excluding carboxylic acids is 1. The van der Waals surface area contributed by atoms with E-state index in [1.807, 2.05) is 42.6 Å². The first-order chi connectivity index (χ1) is 9.20. The predicted molar refractivity (Wildman–Crippen MR) is 81.7 cm³/mol. The first kappa shape index (κ1) is 14.2. The first-order valence-electron chi connectivity index (χ1n) is 5.91. The molecule has 0 bridgehead atoms. The van der Waals surface area contributed by atoms with Gasteiger partial charge in [0.1, 0.15) is 4.88 Å². The van der Waals surface area contributed by atoms with E-state index in [1.165, 1.54) is 11.3 Å². The predicted octanol–water partition coefficient (Wildman–Crippen LogP) is 4.30. The minimum Gasteiger partial charge on any atom is -0.377 e. The van der Waals surface area contributed by atoms with Crippen molar-refractivity contribution in [2.45, 2.75) is 13.5 Å². The van der Waals surface area contributed by atoms with Gasteiger partial charge in [-0.05, 0) is 52.0 Å². The molecule has 0 aliphatic heterocycles. The zero-order chi connectivity index (χ0) is 13.7. The Morgan fingerprint density at radius 3 is 2.95 bits per heavy atom. The second kappa shape index (κ2) is 6.84. The van der Waals surface area contributed by atoms with Crippen LogP contribution in [0, 0.1) is 0 Å². The van der Waals surface area contributed by atoms with Crippen molar-refractivity contribution < 1.29 is 9.53 Å². The van der Waals surface area contributed by atoms with Crippen LogP contribution in [-0.2, 0) is 11.3 Å². The number of amides is 1.